The van der Waals surface area contributed by atoms with Crippen molar-refractivity contribution < 1.29 is 0 Å². The standard InChI is InChI=1S/C19H20N2/c20-13-12-17-15-21(19-11-5-4-10-18(17)19)14-6-9-16-7-2-1-3-8-16/h1-5,7-8,10-11,17H,12-15,20H2. The Morgan fingerprint density at radius 3 is 2.62 bits per heavy atom. The summed E-state index contributed by atoms with van der Waals surface area (Å²) in [5, 5.41) is 0. The molecule has 0 spiro atoms. The maximum absolute atomic E-state index is 5.74. The van der Waals surface area contributed by atoms with Gasteiger partial charge in [-0.3, -0.25) is 0 Å². The highest BCUT2D eigenvalue weighted by molar-refractivity contribution is 5.61. The summed E-state index contributed by atoms with van der Waals surface area (Å²) >= 11 is 0. The van der Waals surface area contributed by atoms with Crippen LogP contribution >= 0.6 is 0 Å². The Balaban J connectivity index is 1.74. The van der Waals surface area contributed by atoms with Crippen molar-refractivity contribution in [3.63, 3.8) is 0 Å². The Labute approximate surface area is 126 Å². The largest absolute Gasteiger partial charge is 0.360 e. The third-order valence-corrected chi connectivity index (χ3v) is 3.95. The topological polar surface area (TPSA) is 29.3 Å². The highest BCUT2D eigenvalue weighted by atomic mass is 15.1. The van der Waals surface area contributed by atoms with E-state index in [1.807, 2.05) is 30.3 Å². The van der Waals surface area contributed by atoms with Crippen LogP contribution in [-0.4, -0.2) is 19.6 Å². The number of benzene rings is 2. The normalized spacial score (nSPS) is 16.2. The summed E-state index contributed by atoms with van der Waals surface area (Å²) in [4.78, 5) is 2.37. The van der Waals surface area contributed by atoms with Crippen LogP contribution in [0.4, 0.5) is 5.69 Å². The van der Waals surface area contributed by atoms with Gasteiger partial charge in [-0.2, -0.15) is 0 Å². The Kier molecular flexibility index (Phi) is 4.23. The van der Waals surface area contributed by atoms with Crippen LogP contribution in [0.3, 0.4) is 0 Å². The molecule has 0 bridgehead atoms. The van der Waals surface area contributed by atoms with Crippen LogP contribution in [-0.2, 0) is 0 Å². The molecular weight excluding hydrogens is 256 g/mol. The van der Waals surface area contributed by atoms with Gasteiger partial charge in [0.2, 0.25) is 0 Å². The fourth-order valence-corrected chi connectivity index (χ4v) is 2.94. The van der Waals surface area contributed by atoms with E-state index in [0.717, 1.165) is 31.6 Å². The maximum Gasteiger partial charge on any atom is 0.0798 e. The van der Waals surface area contributed by atoms with Crippen molar-refractivity contribution in [2.24, 2.45) is 5.73 Å². The molecule has 0 saturated heterocycles. The van der Waals surface area contributed by atoms with Crippen LogP contribution < -0.4 is 10.6 Å². The first kappa shape index (κ1) is 13.7. The lowest BCUT2D eigenvalue weighted by atomic mass is 9.98. The number of fused-ring (bicyclic) bond motifs is 1. The summed E-state index contributed by atoms with van der Waals surface area (Å²) in [6.07, 6.45) is 1.04. The molecule has 1 atom stereocenters. The predicted molar refractivity (Wildman–Crippen MR) is 88.4 cm³/mol. The molecule has 2 aromatic rings. The summed E-state index contributed by atoms with van der Waals surface area (Å²) in [6.45, 7) is 2.54. The Bertz CT molecular complexity index is 652. The van der Waals surface area contributed by atoms with Gasteiger partial charge in [0.15, 0.2) is 0 Å². The van der Waals surface area contributed by atoms with Crippen molar-refractivity contribution >= 4 is 5.69 Å². The molecule has 2 N–H and O–H groups in total. The van der Waals surface area contributed by atoms with E-state index >= 15 is 0 Å². The van der Waals surface area contributed by atoms with E-state index in [1.54, 1.807) is 0 Å². The van der Waals surface area contributed by atoms with Crippen molar-refractivity contribution in [2.45, 2.75) is 12.3 Å². The van der Waals surface area contributed by atoms with Crippen LogP contribution in [0.2, 0.25) is 0 Å². The minimum absolute atomic E-state index is 0.546. The smallest absolute Gasteiger partial charge is 0.0798 e. The van der Waals surface area contributed by atoms with Crippen molar-refractivity contribution in [3.05, 3.63) is 65.7 Å². The monoisotopic (exact) mass is 276 g/mol. The zero-order valence-corrected chi connectivity index (χ0v) is 12.1. The minimum Gasteiger partial charge on any atom is -0.360 e. The van der Waals surface area contributed by atoms with E-state index in [1.165, 1.54) is 11.3 Å². The molecule has 3 rings (SSSR count). The first-order valence-electron chi connectivity index (χ1n) is 7.46. The number of nitrogens with two attached hydrogens (primary N) is 1. The molecule has 1 heterocycles. The van der Waals surface area contributed by atoms with E-state index < -0.39 is 0 Å². The summed E-state index contributed by atoms with van der Waals surface area (Å²) in [5.74, 6) is 7.07. The summed E-state index contributed by atoms with van der Waals surface area (Å²) in [7, 11) is 0. The second kappa shape index (κ2) is 6.47. The van der Waals surface area contributed by atoms with Crippen molar-refractivity contribution in [1.29, 1.82) is 0 Å². The SMILES string of the molecule is NCCC1CN(CC#Cc2ccccc2)c2ccccc21. The Morgan fingerprint density at radius 1 is 1.05 bits per heavy atom. The first-order valence-corrected chi connectivity index (χ1v) is 7.46. The molecule has 0 fully saturated rings. The van der Waals surface area contributed by atoms with E-state index in [9.17, 15) is 0 Å². The molecule has 0 aromatic heterocycles. The van der Waals surface area contributed by atoms with Crippen LogP contribution in [0.1, 0.15) is 23.5 Å². The molecular formula is C19H20N2. The lowest BCUT2D eigenvalue weighted by molar-refractivity contribution is 0.656. The minimum atomic E-state index is 0.546. The zero-order valence-electron chi connectivity index (χ0n) is 12.1. The average Bonchev–Trinajstić information content (AvgIpc) is 2.87. The first-order chi connectivity index (χ1) is 10.4. The second-order valence-electron chi connectivity index (χ2n) is 5.38. The van der Waals surface area contributed by atoms with Gasteiger partial charge in [-0.05, 0) is 36.7 Å². The fraction of sp³-hybridized carbons (Fsp3) is 0.263. The van der Waals surface area contributed by atoms with Crippen LogP contribution in [0.5, 0.6) is 0 Å². The van der Waals surface area contributed by atoms with Crippen molar-refractivity contribution in [3.8, 4) is 11.8 Å². The third-order valence-electron chi connectivity index (χ3n) is 3.95. The molecule has 0 amide bonds. The van der Waals surface area contributed by atoms with Gasteiger partial charge in [-0.15, -0.1) is 0 Å². The van der Waals surface area contributed by atoms with Crippen LogP contribution in [0, 0.1) is 11.8 Å². The molecule has 2 nitrogen and oxygen atoms in total. The van der Waals surface area contributed by atoms with E-state index in [2.05, 4.69) is 41.0 Å². The van der Waals surface area contributed by atoms with Gasteiger partial charge < -0.3 is 10.6 Å². The number of rotatable bonds is 3. The summed E-state index contributed by atoms with van der Waals surface area (Å²) < 4.78 is 0. The lowest BCUT2D eigenvalue weighted by Gasteiger charge is -2.16. The fourth-order valence-electron chi connectivity index (χ4n) is 2.94. The van der Waals surface area contributed by atoms with E-state index in [0.29, 0.717) is 5.92 Å². The number of para-hydroxylation sites is 1. The molecule has 1 aliphatic heterocycles. The predicted octanol–water partition coefficient (Wildman–Crippen LogP) is 2.99. The van der Waals surface area contributed by atoms with Gasteiger partial charge in [0.25, 0.3) is 0 Å². The van der Waals surface area contributed by atoms with Gasteiger partial charge in [-0.25, -0.2) is 0 Å². The van der Waals surface area contributed by atoms with Gasteiger partial charge in [0.05, 0.1) is 6.54 Å². The molecule has 0 aliphatic carbocycles. The van der Waals surface area contributed by atoms with Gasteiger partial charge >= 0.3 is 0 Å². The highest BCUT2D eigenvalue weighted by Gasteiger charge is 2.26. The number of nitrogens with zero attached hydrogens (tertiary/aromatic N) is 1. The molecule has 2 aromatic carbocycles. The van der Waals surface area contributed by atoms with Crippen molar-refractivity contribution in [2.75, 3.05) is 24.5 Å². The molecule has 1 unspecified atom stereocenters. The van der Waals surface area contributed by atoms with E-state index in [-0.39, 0.29) is 0 Å². The molecule has 0 radical (unpaired) electrons. The number of anilines is 1. The third kappa shape index (κ3) is 3.09. The van der Waals surface area contributed by atoms with Crippen LogP contribution in [0.15, 0.2) is 54.6 Å². The highest BCUT2D eigenvalue weighted by Crippen LogP contribution is 2.37. The average molecular weight is 276 g/mol. The Hall–Kier alpha value is -2.24. The van der Waals surface area contributed by atoms with E-state index in [4.69, 9.17) is 5.73 Å². The van der Waals surface area contributed by atoms with Crippen molar-refractivity contribution in [1.82, 2.24) is 0 Å². The summed E-state index contributed by atoms with van der Waals surface area (Å²) in [6, 6.07) is 18.8. The molecule has 2 heteroatoms. The lowest BCUT2D eigenvalue weighted by Crippen LogP contribution is -2.22. The quantitative estimate of drug-likeness (QED) is 0.873. The second-order valence-corrected chi connectivity index (χ2v) is 5.38. The Morgan fingerprint density at radius 2 is 1.81 bits per heavy atom. The zero-order chi connectivity index (χ0) is 14.5. The number of hydrogen-bond donors (Lipinski definition) is 1. The number of hydrogen-bond acceptors (Lipinski definition) is 2. The molecule has 0 saturated carbocycles. The van der Waals surface area contributed by atoms with Gasteiger partial charge in [0.1, 0.15) is 0 Å². The molecule has 1 aliphatic rings. The molecule has 106 valence electrons. The molecule has 21 heavy (non-hydrogen) atoms. The van der Waals surface area contributed by atoms with Gasteiger partial charge in [0, 0.05) is 23.7 Å². The van der Waals surface area contributed by atoms with Crippen LogP contribution in [0.25, 0.3) is 0 Å². The van der Waals surface area contributed by atoms with Gasteiger partial charge in [-0.1, -0.05) is 48.2 Å². The maximum atomic E-state index is 5.74. The summed E-state index contributed by atoms with van der Waals surface area (Å²) in [5.41, 5.74) is 9.55.